The fourth-order valence-corrected chi connectivity index (χ4v) is 4.44. The van der Waals surface area contributed by atoms with Crippen LogP contribution in [0.1, 0.15) is 49.1 Å². The van der Waals surface area contributed by atoms with Gasteiger partial charge in [-0.25, -0.2) is 4.39 Å². The van der Waals surface area contributed by atoms with Gasteiger partial charge in [0.2, 0.25) is 0 Å². The molecular formula is C28H25ClFNO3. The second-order valence-electron chi connectivity index (χ2n) is 9.48. The molecule has 4 rings (SSSR count). The second kappa shape index (κ2) is 8.73. The molecule has 34 heavy (non-hydrogen) atoms. The summed E-state index contributed by atoms with van der Waals surface area (Å²) in [4.78, 5) is 27.9. The largest absolute Gasteiger partial charge is 0.507 e. The van der Waals surface area contributed by atoms with Crippen molar-refractivity contribution < 1.29 is 19.1 Å². The summed E-state index contributed by atoms with van der Waals surface area (Å²) in [7, 11) is 0. The van der Waals surface area contributed by atoms with Crippen molar-refractivity contribution in [1.29, 1.82) is 0 Å². The lowest BCUT2D eigenvalue weighted by molar-refractivity contribution is -0.132. The van der Waals surface area contributed by atoms with Crippen LogP contribution in [-0.4, -0.2) is 16.8 Å². The fourth-order valence-electron chi connectivity index (χ4n) is 4.21. The van der Waals surface area contributed by atoms with E-state index in [0.717, 1.165) is 5.56 Å². The van der Waals surface area contributed by atoms with E-state index in [4.69, 9.17) is 11.6 Å². The van der Waals surface area contributed by atoms with Crippen molar-refractivity contribution in [3.63, 3.8) is 0 Å². The Balaban J connectivity index is 1.95. The zero-order valence-corrected chi connectivity index (χ0v) is 20.2. The summed E-state index contributed by atoms with van der Waals surface area (Å²) in [6.07, 6.45) is 0. The summed E-state index contributed by atoms with van der Waals surface area (Å²) >= 11 is 6.12. The Morgan fingerprint density at radius 2 is 1.59 bits per heavy atom. The van der Waals surface area contributed by atoms with Crippen LogP contribution in [0.3, 0.4) is 0 Å². The second-order valence-corrected chi connectivity index (χ2v) is 9.92. The molecule has 174 valence electrons. The van der Waals surface area contributed by atoms with Crippen LogP contribution in [-0.2, 0) is 15.0 Å². The van der Waals surface area contributed by atoms with Gasteiger partial charge >= 0.3 is 0 Å². The Labute approximate surface area is 203 Å². The first-order valence-electron chi connectivity index (χ1n) is 10.9. The molecular weight excluding hydrogens is 453 g/mol. The van der Waals surface area contributed by atoms with Gasteiger partial charge in [0, 0.05) is 16.3 Å². The molecule has 0 bridgehead atoms. The maximum atomic E-state index is 13.5. The molecule has 0 saturated carbocycles. The Bertz CT molecular complexity index is 1300. The van der Waals surface area contributed by atoms with Gasteiger partial charge in [-0.3, -0.25) is 14.5 Å². The van der Waals surface area contributed by atoms with Gasteiger partial charge in [-0.2, -0.15) is 0 Å². The highest BCUT2D eigenvalue weighted by Crippen LogP contribution is 2.43. The van der Waals surface area contributed by atoms with Crippen molar-refractivity contribution in [2.75, 3.05) is 4.90 Å². The van der Waals surface area contributed by atoms with Gasteiger partial charge in [0.25, 0.3) is 11.7 Å². The molecule has 6 heteroatoms. The average molecular weight is 478 g/mol. The monoisotopic (exact) mass is 477 g/mol. The molecule has 4 nitrogen and oxygen atoms in total. The molecule has 0 aromatic heterocycles. The van der Waals surface area contributed by atoms with E-state index in [1.807, 2.05) is 24.3 Å². The van der Waals surface area contributed by atoms with Crippen LogP contribution in [0.4, 0.5) is 10.1 Å². The molecule has 1 aliphatic rings. The van der Waals surface area contributed by atoms with E-state index in [1.165, 1.54) is 29.2 Å². The van der Waals surface area contributed by atoms with Crippen molar-refractivity contribution in [2.24, 2.45) is 0 Å². The van der Waals surface area contributed by atoms with E-state index < -0.39 is 23.5 Å². The first-order chi connectivity index (χ1) is 16.0. The number of aliphatic hydroxyl groups is 1. The summed E-state index contributed by atoms with van der Waals surface area (Å²) in [5, 5.41) is 11.6. The normalized spacial score (nSPS) is 17.9. The molecule has 1 amide bonds. The maximum Gasteiger partial charge on any atom is 0.300 e. The molecule has 0 spiro atoms. The molecule has 1 aliphatic heterocycles. The summed E-state index contributed by atoms with van der Waals surface area (Å²) in [5.41, 5.74) is 3.13. The number of nitrogens with zero attached hydrogens (tertiary/aromatic N) is 1. The topological polar surface area (TPSA) is 57.6 Å². The van der Waals surface area contributed by atoms with E-state index in [1.54, 1.807) is 25.1 Å². The van der Waals surface area contributed by atoms with E-state index in [-0.39, 0.29) is 22.3 Å². The number of carbonyl (C=O) groups excluding carboxylic acids is 2. The lowest BCUT2D eigenvalue weighted by Crippen LogP contribution is -2.30. The highest BCUT2D eigenvalue weighted by Gasteiger charge is 2.47. The Hall–Kier alpha value is -3.44. The van der Waals surface area contributed by atoms with Crippen molar-refractivity contribution in [2.45, 2.75) is 39.2 Å². The van der Waals surface area contributed by atoms with Gasteiger partial charge in [-0.15, -0.1) is 0 Å². The number of ketones is 1. The minimum Gasteiger partial charge on any atom is -0.507 e. The number of hydrogen-bond acceptors (Lipinski definition) is 3. The van der Waals surface area contributed by atoms with Crippen molar-refractivity contribution in [3.05, 3.63) is 105 Å². The first kappa shape index (κ1) is 23.7. The highest BCUT2D eigenvalue weighted by molar-refractivity contribution is 6.51. The number of benzene rings is 3. The number of Topliss-reactive ketones (excluding diaryl/α,β-unsaturated/α-hetero) is 1. The van der Waals surface area contributed by atoms with Crippen molar-refractivity contribution in [3.8, 4) is 0 Å². The number of rotatable bonds is 3. The van der Waals surface area contributed by atoms with Gasteiger partial charge in [0.1, 0.15) is 11.6 Å². The molecule has 1 atom stereocenters. The van der Waals surface area contributed by atoms with E-state index >= 15 is 0 Å². The number of carbonyl (C=O) groups is 2. The van der Waals surface area contributed by atoms with Gasteiger partial charge in [-0.1, -0.05) is 56.6 Å². The Morgan fingerprint density at radius 1 is 0.971 bits per heavy atom. The van der Waals surface area contributed by atoms with Crippen LogP contribution in [0.5, 0.6) is 0 Å². The average Bonchev–Trinajstić information content (AvgIpc) is 3.04. The SMILES string of the molecule is Cc1cc(Cl)ccc1N1C(=O)C(=O)/C(=C(/O)c2ccc(F)cc2)C1c1ccc(C(C)(C)C)cc1. The molecule has 3 aromatic rings. The third-order valence-corrected chi connectivity index (χ3v) is 6.31. The number of halogens is 2. The molecule has 1 unspecified atom stereocenters. The quantitative estimate of drug-likeness (QED) is 0.259. The third kappa shape index (κ3) is 4.24. The first-order valence-corrected chi connectivity index (χ1v) is 11.3. The predicted molar refractivity (Wildman–Crippen MR) is 133 cm³/mol. The number of aliphatic hydroxyl groups excluding tert-OH is 1. The van der Waals surface area contributed by atoms with Gasteiger partial charge in [0.05, 0.1) is 11.6 Å². The van der Waals surface area contributed by atoms with Crippen LogP contribution in [0.2, 0.25) is 5.02 Å². The van der Waals surface area contributed by atoms with E-state index in [2.05, 4.69) is 20.8 Å². The molecule has 1 saturated heterocycles. The number of amides is 1. The lowest BCUT2D eigenvalue weighted by Gasteiger charge is -2.27. The van der Waals surface area contributed by atoms with Gasteiger partial charge < -0.3 is 5.11 Å². The molecule has 0 aliphatic carbocycles. The summed E-state index contributed by atoms with van der Waals surface area (Å²) < 4.78 is 13.5. The van der Waals surface area contributed by atoms with Crippen LogP contribution in [0, 0.1) is 12.7 Å². The molecule has 1 heterocycles. The molecule has 1 N–H and O–H groups in total. The highest BCUT2D eigenvalue weighted by atomic mass is 35.5. The zero-order valence-electron chi connectivity index (χ0n) is 19.4. The predicted octanol–water partition coefficient (Wildman–Crippen LogP) is 6.71. The Kier molecular flexibility index (Phi) is 6.09. The van der Waals surface area contributed by atoms with Crippen molar-refractivity contribution >= 4 is 34.7 Å². The molecule has 3 aromatic carbocycles. The van der Waals surface area contributed by atoms with E-state index in [0.29, 0.717) is 21.8 Å². The number of aryl methyl sites for hydroxylation is 1. The van der Waals surface area contributed by atoms with E-state index in [9.17, 15) is 19.1 Å². The van der Waals surface area contributed by atoms with Crippen LogP contribution in [0.25, 0.3) is 5.76 Å². The zero-order chi connectivity index (χ0) is 24.8. The molecule has 1 fully saturated rings. The van der Waals surface area contributed by atoms with Crippen molar-refractivity contribution in [1.82, 2.24) is 0 Å². The van der Waals surface area contributed by atoms with Crippen LogP contribution < -0.4 is 4.90 Å². The number of anilines is 1. The summed E-state index contributed by atoms with van der Waals surface area (Å²) in [6.45, 7) is 8.10. The van der Waals surface area contributed by atoms with Gasteiger partial charge in [0.15, 0.2) is 0 Å². The van der Waals surface area contributed by atoms with Crippen LogP contribution >= 0.6 is 11.6 Å². The smallest absolute Gasteiger partial charge is 0.300 e. The summed E-state index contributed by atoms with van der Waals surface area (Å²) in [6, 6.07) is 17.0. The third-order valence-electron chi connectivity index (χ3n) is 6.07. The summed E-state index contributed by atoms with van der Waals surface area (Å²) in [5.74, 6) is -2.37. The number of hydrogen-bond donors (Lipinski definition) is 1. The lowest BCUT2D eigenvalue weighted by atomic mass is 9.85. The molecule has 0 radical (unpaired) electrons. The van der Waals surface area contributed by atoms with Gasteiger partial charge in [-0.05, 0) is 71.5 Å². The standard InChI is InChI=1S/C28H25ClFNO3/c1-16-15-20(29)11-14-22(16)31-24(17-5-9-19(10-6-17)28(2,3)4)23(26(33)27(31)34)25(32)18-7-12-21(30)13-8-18/h5-15,24,32H,1-4H3/b25-23+. The minimum absolute atomic E-state index is 0.0468. The van der Waals surface area contributed by atoms with Crippen LogP contribution in [0.15, 0.2) is 72.3 Å². The Morgan fingerprint density at radius 3 is 2.15 bits per heavy atom. The maximum absolute atomic E-state index is 13.5. The fraction of sp³-hybridized carbons (Fsp3) is 0.214. The minimum atomic E-state index is -0.862.